The molecule has 1 aliphatic heterocycles. The summed E-state index contributed by atoms with van der Waals surface area (Å²) in [6, 6.07) is 6.69. The number of piperazine rings is 1. The van der Waals surface area contributed by atoms with Crippen LogP contribution < -0.4 is 15.2 Å². The highest BCUT2D eigenvalue weighted by atomic mass is 32.2. The molecule has 3 aromatic rings. The van der Waals surface area contributed by atoms with Crippen molar-refractivity contribution in [3.63, 3.8) is 0 Å². The van der Waals surface area contributed by atoms with Crippen LogP contribution in [0.3, 0.4) is 0 Å². The second-order valence-corrected chi connectivity index (χ2v) is 10.4. The number of rotatable bonds is 6. The third-order valence-electron chi connectivity index (χ3n) is 5.33. The van der Waals surface area contributed by atoms with Crippen LogP contribution in [0.5, 0.6) is 0 Å². The van der Waals surface area contributed by atoms with Crippen LogP contribution in [0.4, 0.5) is 10.1 Å². The molecule has 0 aliphatic carbocycles. The number of aromatic nitrogens is 2. The van der Waals surface area contributed by atoms with Gasteiger partial charge in [0.1, 0.15) is 5.82 Å². The predicted octanol–water partition coefficient (Wildman–Crippen LogP) is 1.61. The summed E-state index contributed by atoms with van der Waals surface area (Å²) in [5.74, 6) is -0.239. The van der Waals surface area contributed by atoms with Crippen LogP contribution in [0.2, 0.25) is 0 Å². The van der Waals surface area contributed by atoms with Gasteiger partial charge in [0.25, 0.3) is 5.56 Å². The Labute approximate surface area is 184 Å². The van der Waals surface area contributed by atoms with Crippen molar-refractivity contribution in [2.75, 3.05) is 44.2 Å². The van der Waals surface area contributed by atoms with Crippen LogP contribution in [0.25, 0.3) is 4.96 Å². The third-order valence-corrected chi connectivity index (χ3v) is 7.82. The molecule has 1 aromatic carbocycles. The minimum atomic E-state index is -3.99. The number of hydrogen-bond donors (Lipinski definition) is 1. The van der Waals surface area contributed by atoms with E-state index in [9.17, 15) is 17.6 Å². The lowest BCUT2D eigenvalue weighted by Gasteiger charge is -2.36. The zero-order valence-electron chi connectivity index (χ0n) is 17.3. The highest BCUT2D eigenvalue weighted by Crippen LogP contribution is 2.20. The fourth-order valence-electron chi connectivity index (χ4n) is 3.78. The van der Waals surface area contributed by atoms with Crippen LogP contribution in [-0.2, 0) is 10.0 Å². The van der Waals surface area contributed by atoms with Crippen LogP contribution >= 0.6 is 11.3 Å². The van der Waals surface area contributed by atoms with E-state index in [2.05, 4.69) is 14.6 Å². The standard InChI is InChI=1S/C20H24FN5O3S2/c1-14-13-26-19(27)18(15(2)23-20(26)30-14)31(28,29)22-7-8-24-9-11-25(12-10-24)17-6-4-3-5-16(17)21/h3-6,13,22H,7-12H2,1-2H3. The Bertz CT molecular complexity index is 1260. The first-order valence-electron chi connectivity index (χ1n) is 9.97. The summed E-state index contributed by atoms with van der Waals surface area (Å²) in [7, 11) is -3.99. The van der Waals surface area contributed by atoms with Gasteiger partial charge in [0.05, 0.1) is 11.4 Å². The van der Waals surface area contributed by atoms with Crippen molar-refractivity contribution < 1.29 is 12.8 Å². The first kappa shape index (κ1) is 21.9. The number of fused-ring (bicyclic) bond motifs is 1. The average molecular weight is 466 g/mol. The van der Waals surface area contributed by atoms with E-state index in [1.807, 2.05) is 17.9 Å². The van der Waals surface area contributed by atoms with Crippen molar-refractivity contribution in [2.24, 2.45) is 0 Å². The third kappa shape index (κ3) is 4.49. The summed E-state index contributed by atoms with van der Waals surface area (Å²) in [6.45, 7) is 6.75. The van der Waals surface area contributed by atoms with Gasteiger partial charge in [-0.25, -0.2) is 22.5 Å². The molecule has 3 heterocycles. The smallest absolute Gasteiger partial charge is 0.279 e. The SMILES string of the molecule is Cc1cn2c(=O)c(S(=O)(=O)NCCN3CCN(c4ccccc4F)CC3)c(C)nc2s1. The maximum Gasteiger partial charge on any atom is 0.279 e. The fraction of sp³-hybridized carbons (Fsp3) is 0.400. The molecule has 1 N–H and O–H groups in total. The molecule has 1 aliphatic rings. The fourth-order valence-corrected chi connectivity index (χ4v) is 5.91. The molecule has 1 saturated heterocycles. The number of thiazole rings is 1. The lowest BCUT2D eigenvalue weighted by atomic mass is 10.2. The van der Waals surface area contributed by atoms with Gasteiger partial charge in [-0.3, -0.25) is 14.1 Å². The Morgan fingerprint density at radius 2 is 1.87 bits per heavy atom. The lowest BCUT2D eigenvalue weighted by Crippen LogP contribution is -2.48. The molecule has 1 fully saturated rings. The van der Waals surface area contributed by atoms with Crippen molar-refractivity contribution in [1.82, 2.24) is 19.0 Å². The van der Waals surface area contributed by atoms with Crippen molar-refractivity contribution in [3.05, 3.63) is 57.2 Å². The number of nitrogens with one attached hydrogen (secondary N) is 1. The summed E-state index contributed by atoms with van der Waals surface area (Å²) >= 11 is 1.34. The Hall–Kier alpha value is -2.34. The normalized spacial score (nSPS) is 15.6. The summed E-state index contributed by atoms with van der Waals surface area (Å²) in [5, 5.41) is 0. The Morgan fingerprint density at radius 3 is 2.58 bits per heavy atom. The van der Waals surface area contributed by atoms with Crippen LogP contribution in [0, 0.1) is 19.7 Å². The van der Waals surface area contributed by atoms with E-state index in [-0.39, 0.29) is 23.0 Å². The first-order chi connectivity index (χ1) is 14.8. The quantitative estimate of drug-likeness (QED) is 0.595. The van der Waals surface area contributed by atoms with Gasteiger partial charge in [-0.2, -0.15) is 0 Å². The molecule has 31 heavy (non-hydrogen) atoms. The molecule has 0 spiro atoms. The predicted molar refractivity (Wildman–Crippen MR) is 119 cm³/mol. The monoisotopic (exact) mass is 465 g/mol. The highest BCUT2D eigenvalue weighted by molar-refractivity contribution is 7.89. The number of para-hydroxylation sites is 1. The maximum absolute atomic E-state index is 14.0. The van der Waals surface area contributed by atoms with Gasteiger partial charge in [0.15, 0.2) is 9.86 Å². The van der Waals surface area contributed by atoms with E-state index < -0.39 is 15.6 Å². The molecule has 0 bridgehead atoms. The summed E-state index contributed by atoms with van der Waals surface area (Å²) in [6.07, 6.45) is 1.60. The van der Waals surface area contributed by atoms with Gasteiger partial charge < -0.3 is 4.90 Å². The second-order valence-electron chi connectivity index (χ2n) is 7.50. The van der Waals surface area contributed by atoms with Crippen molar-refractivity contribution in [2.45, 2.75) is 18.7 Å². The van der Waals surface area contributed by atoms with Gasteiger partial charge >= 0.3 is 0 Å². The number of hydrogen-bond acceptors (Lipinski definition) is 7. The number of anilines is 1. The molecule has 0 unspecified atom stereocenters. The summed E-state index contributed by atoms with van der Waals surface area (Å²) < 4.78 is 43.4. The number of aryl methyl sites for hydroxylation is 2. The van der Waals surface area contributed by atoms with Gasteiger partial charge in [-0.15, -0.1) is 11.3 Å². The van der Waals surface area contributed by atoms with Crippen molar-refractivity contribution >= 4 is 32.0 Å². The van der Waals surface area contributed by atoms with E-state index in [0.29, 0.717) is 43.4 Å². The minimum absolute atomic E-state index is 0.173. The largest absolute Gasteiger partial charge is 0.367 e. The van der Waals surface area contributed by atoms with Gasteiger partial charge in [-0.05, 0) is 26.0 Å². The Kier molecular flexibility index (Phi) is 6.11. The molecule has 11 heteroatoms. The van der Waals surface area contributed by atoms with Crippen LogP contribution in [-0.4, -0.2) is 62.0 Å². The zero-order valence-corrected chi connectivity index (χ0v) is 19.0. The van der Waals surface area contributed by atoms with Crippen LogP contribution in [0.1, 0.15) is 10.6 Å². The molecule has 0 radical (unpaired) electrons. The molecule has 4 rings (SSSR count). The Balaban J connectivity index is 1.37. The summed E-state index contributed by atoms with van der Waals surface area (Å²) in [4.78, 5) is 22.2. The average Bonchev–Trinajstić information content (AvgIpc) is 3.09. The Morgan fingerprint density at radius 1 is 1.16 bits per heavy atom. The lowest BCUT2D eigenvalue weighted by molar-refractivity contribution is 0.261. The second kappa shape index (κ2) is 8.65. The van der Waals surface area contributed by atoms with Crippen molar-refractivity contribution in [1.29, 1.82) is 0 Å². The molecular weight excluding hydrogens is 441 g/mol. The van der Waals surface area contributed by atoms with Gasteiger partial charge in [0.2, 0.25) is 10.0 Å². The van der Waals surface area contributed by atoms with E-state index in [4.69, 9.17) is 0 Å². The van der Waals surface area contributed by atoms with Crippen molar-refractivity contribution in [3.8, 4) is 0 Å². The summed E-state index contributed by atoms with van der Waals surface area (Å²) in [5.41, 5.74) is 0.195. The topological polar surface area (TPSA) is 87.0 Å². The van der Waals surface area contributed by atoms with Gasteiger partial charge in [-0.1, -0.05) is 12.1 Å². The highest BCUT2D eigenvalue weighted by Gasteiger charge is 2.25. The number of sulfonamides is 1. The van der Waals surface area contributed by atoms with Gasteiger partial charge in [0, 0.05) is 50.3 Å². The molecule has 166 valence electrons. The molecule has 8 nitrogen and oxygen atoms in total. The van der Waals surface area contributed by atoms with E-state index in [0.717, 1.165) is 4.88 Å². The van der Waals surface area contributed by atoms with Crippen LogP contribution in [0.15, 0.2) is 40.2 Å². The van der Waals surface area contributed by atoms with E-state index >= 15 is 0 Å². The van der Waals surface area contributed by atoms with E-state index in [1.54, 1.807) is 18.3 Å². The number of nitrogens with zero attached hydrogens (tertiary/aromatic N) is 4. The van der Waals surface area contributed by atoms with E-state index in [1.165, 1.54) is 28.7 Å². The molecule has 2 aromatic heterocycles. The molecule has 0 amide bonds. The first-order valence-corrected chi connectivity index (χ1v) is 12.3. The number of benzene rings is 1. The number of halogens is 1. The molecular formula is C20H24FN5O3S2. The minimum Gasteiger partial charge on any atom is -0.367 e. The maximum atomic E-state index is 14.0. The zero-order chi connectivity index (χ0) is 22.2. The molecule has 0 saturated carbocycles. The molecule has 0 atom stereocenters.